The van der Waals surface area contributed by atoms with Gasteiger partial charge < -0.3 is 0 Å². The van der Waals surface area contributed by atoms with E-state index >= 15 is 0 Å². The van der Waals surface area contributed by atoms with Gasteiger partial charge >= 0.3 is 0 Å². The van der Waals surface area contributed by atoms with E-state index in [0.29, 0.717) is 6.54 Å². The maximum Gasteiger partial charge on any atom is 0.262 e. The van der Waals surface area contributed by atoms with E-state index in [1.165, 1.54) is 17.8 Å². The van der Waals surface area contributed by atoms with Crippen molar-refractivity contribution in [3.8, 4) is 0 Å². The number of aryl methyl sites for hydroxylation is 1. The van der Waals surface area contributed by atoms with Crippen molar-refractivity contribution in [2.75, 3.05) is 5.32 Å². The number of amides is 1. The number of carbonyl (C=O) groups excluding carboxylic acids is 1. The molecule has 0 saturated carbocycles. The van der Waals surface area contributed by atoms with Gasteiger partial charge in [0, 0.05) is 6.54 Å². The average Bonchev–Trinajstić information content (AvgIpc) is 2.92. The highest BCUT2D eigenvalue weighted by Crippen LogP contribution is 2.35. The lowest BCUT2D eigenvalue weighted by molar-refractivity contribution is -0.112. The molecule has 0 bridgehead atoms. The number of halogens is 3. The zero-order valence-electron chi connectivity index (χ0n) is 12.0. The third-order valence-corrected chi connectivity index (χ3v) is 5.14. The smallest absolute Gasteiger partial charge is 0.262 e. The van der Waals surface area contributed by atoms with Gasteiger partial charge in [0.05, 0.1) is 16.0 Å². The molecule has 1 atom stereocenters. The Morgan fingerprint density at radius 1 is 1.52 bits per heavy atom. The first-order chi connectivity index (χ1) is 10.8. The summed E-state index contributed by atoms with van der Waals surface area (Å²) < 4.78 is 38.3. The fraction of sp³-hybridized carbons (Fsp3) is 0.333. The summed E-state index contributed by atoms with van der Waals surface area (Å²) in [6, 6.07) is 0. The van der Waals surface area contributed by atoms with Crippen molar-refractivity contribution in [1.82, 2.24) is 14.8 Å². The zero-order chi connectivity index (χ0) is 17.3. The van der Waals surface area contributed by atoms with Gasteiger partial charge in [-0.3, -0.25) is 14.7 Å². The highest BCUT2D eigenvalue weighted by atomic mass is 35.5. The lowest BCUT2D eigenvalue weighted by Crippen LogP contribution is -2.29. The summed E-state index contributed by atoms with van der Waals surface area (Å²) in [5.41, 5.74) is -0.443. The monoisotopic (exact) mass is 380 g/mol. The minimum Gasteiger partial charge on any atom is -0.300 e. The van der Waals surface area contributed by atoms with Crippen LogP contribution in [0.25, 0.3) is 0 Å². The number of allylic oxidation sites excluding steroid dienone is 2. The number of nitrogens with one attached hydrogen (secondary N) is 1. The van der Waals surface area contributed by atoms with Crippen LogP contribution < -0.4 is 5.32 Å². The minimum absolute atomic E-state index is 0.0812. The number of rotatable bonds is 3. The van der Waals surface area contributed by atoms with Gasteiger partial charge in [-0.1, -0.05) is 11.6 Å². The first-order valence-corrected chi connectivity index (χ1v) is 8.24. The molecule has 23 heavy (non-hydrogen) atoms. The van der Waals surface area contributed by atoms with Crippen molar-refractivity contribution in [3.05, 3.63) is 28.3 Å². The van der Waals surface area contributed by atoms with E-state index in [4.69, 9.17) is 23.2 Å². The molecule has 0 radical (unpaired) electrons. The molecule has 7 nitrogen and oxygen atoms in total. The van der Waals surface area contributed by atoms with Gasteiger partial charge in [0.1, 0.15) is 11.2 Å². The van der Waals surface area contributed by atoms with Gasteiger partial charge in [0.2, 0.25) is 16.2 Å². The third-order valence-electron chi connectivity index (χ3n) is 3.20. The van der Waals surface area contributed by atoms with Crippen LogP contribution in [-0.2, 0) is 21.6 Å². The van der Waals surface area contributed by atoms with E-state index < -0.39 is 37.8 Å². The standard InChI is InChI=1S/C12H11Cl2FN4O3S/c1-3-19-4-16-18-12(19)17-11(20)6-7(13)5(2)8(14)10(9(6)15)23(21)22/h4,8H,3H2,1-2H3,(H,17,18,20). The molecule has 11 heteroatoms. The zero-order valence-corrected chi connectivity index (χ0v) is 14.3. The summed E-state index contributed by atoms with van der Waals surface area (Å²) in [5, 5.41) is 8.14. The molecule has 1 N–H and O–H groups in total. The van der Waals surface area contributed by atoms with Crippen molar-refractivity contribution >= 4 is 50.2 Å². The molecular weight excluding hydrogens is 370 g/mol. The molecule has 0 fully saturated rings. The third kappa shape index (κ3) is 3.17. The first-order valence-electron chi connectivity index (χ1n) is 6.35. The van der Waals surface area contributed by atoms with E-state index in [0.717, 1.165) is 0 Å². The highest BCUT2D eigenvalue weighted by Gasteiger charge is 2.35. The van der Waals surface area contributed by atoms with Crippen LogP contribution in [0.2, 0.25) is 0 Å². The lowest BCUT2D eigenvalue weighted by Gasteiger charge is -2.20. The summed E-state index contributed by atoms with van der Waals surface area (Å²) in [4.78, 5) is 11.6. The summed E-state index contributed by atoms with van der Waals surface area (Å²) in [5.74, 6) is -2.15. The SMILES string of the molecule is CCn1cnnc1NC(=O)C1=C(F)C(=S(=O)=O)C(Cl)C(C)=C1Cl. The van der Waals surface area contributed by atoms with Crippen molar-refractivity contribution in [2.24, 2.45) is 0 Å². The molecule has 1 aromatic rings. The fourth-order valence-electron chi connectivity index (χ4n) is 1.94. The molecule has 1 amide bonds. The molecule has 0 spiro atoms. The van der Waals surface area contributed by atoms with Crippen molar-refractivity contribution in [1.29, 1.82) is 0 Å². The molecule has 2 rings (SSSR count). The Morgan fingerprint density at radius 2 is 2.17 bits per heavy atom. The van der Waals surface area contributed by atoms with Crippen LogP contribution in [0.15, 0.2) is 28.3 Å². The number of anilines is 1. The average molecular weight is 381 g/mol. The van der Waals surface area contributed by atoms with Gasteiger partial charge in [0.25, 0.3) is 5.91 Å². The molecule has 0 aromatic carbocycles. The maximum atomic E-state index is 14.4. The van der Waals surface area contributed by atoms with Crippen LogP contribution in [-0.4, -0.2) is 39.3 Å². The van der Waals surface area contributed by atoms with Crippen molar-refractivity contribution in [3.63, 3.8) is 0 Å². The molecule has 1 aliphatic carbocycles. The number of carbonyl (C=O) groups is 1. The van der Waals surface area contributed by atoms with E-state index in [1.807, 2.05) is 0 Å². The van der Waals surface area contributed by atoms with Gasteiger partial charge in [-0.05, 0) is 19.4 Å². The highest BCUT2D eigenvalue weighted by molar-refractivity contribution is 7.73. The second-order valence-corrected chi connectivity index (χ2v) is 6.27. The Bertz CT molecular complexity index is 865. The van der Waals surface area contributed by atoms with Crippen LogP contribution >= 0.6 is 23.2 Å². The minimum atomic E-state index is -2.93. The molecule has 1 aromatic heterocycles. The normalized spacial score (nSPS) is 18.5. The second kappa shape index (κ2) is 6.81. The number of alkyl halides is 1. The Balaban J connectivity index is 2.51. The largest absolute Gasteiger partial charge is 0.300 e. The number of nitrogens with zero attached hydrogens (tertiary/aromatic N) is 3. The molecule has 1 unspecified atom stereocenters. The van der Waals surface area contributed by atoms with E-state index in [9.17, 15) is 17.6 Å². The maximum absolute atomic E-state index is 14.4. The molecule has 0 aliphatic heterocycles. The predicted octanol–water partition coefficient (Wildman–Crippen LogP) is 1.65. The first kappa shape index (κ1) is 17.6. The fourth-order valence-corrected chi connectivity index (χ4v) is 3.29. The molecule has 124 valence electrons. The van der Waals surface area contributed by atoms with Crippen molar-refractivity contribution < 1.29 is 17.6 Å². The van der Waals surface area contributed by atoms with Crippen LogP contribution in [0.1, 0.15) is 13.8 Å². The summed E-state index contributed by atoms with van der Waals surface area (Å²) in [6.45, 7) is 3.68. The second-order valence-electron chi connectivity index (χ2n) is 4.54. The Morgan fingerprint density at radius 3 is 2.74 bits per heavy atom. The van der Waals surface area contributed by atoms with Gasteiger partial charge in [-0.15, -0.1) is 21.8 Å². The van der Waals surface area contributed by atoms with Gasteiger partial charge in [-0.25, -0.2) is 4.39 Å². The Hall–Kier alpha value is -1.71. The topological polar surface area (TPSA) is 93.9 Å². The number of hydrogen-bond acceptors (Lipinski definition) is 5. The Kier molecular flexibility index (Phi) is 5.23. The summed E-state index contributed by atoms with van der Waals surface area (Å²) >= 11 is 11.9. The predicted molar refractivity (Wildman–Crippen MR) is 84.6 cm³/mol. The quantitative estimate of drug-likeness (QED) is 0.635. The molecular formula is C12H11Cl2FN4O3S. The van der Waals surface area contributed by atoms with Gasteiger partial charge in [-0.2, -0.15) is 8.42 Å². The summed E-state index contributed by atoms with van der Waals surface area (Å²) in [6.07, 6.45) is 1.38. The lowest BCUT2D eigenvalue weighted by atomic mass is 9.98. The Labute approximate surface area is 142 Å². The van der Waals surface area contributed by atoms with E-state index in [-0.39, 0.29) is 16.6 Å². The van der Waals surface area contributed by atoms with Crippen LogP contribution in [0.3, 0.4) is 0 Å². The molecule has 1 aliphatic rings. The van der Waals surface area contributed by atoms with Crippen LogP contribution in [0.4, 0.5) is 10.3 Å². The molecule has 1 heterocycles. The van der Waals surface area contributed by atoms with Gasteiger partial charge in [0.15, 0.2) is 5.83 Å². The number of hydrogen-bond donors (Lipinski definition) is 1. The van der Waals surface area contributed by atoms with E-state index in [1.54, 1.807) is 6.92 Å². The van der Waals surface area contributed by atoms with Crippen LogP contribution in [0, 0.1) is 0 Å². The van der Waals surface area contributed by atoms with Crippen molar-refractivity contribution in [2.45, 2.75) is 25.8 Å². The number of aromatic nitrogens is 3. The van der Waals surface area contributed by atoms with Crippen LogP contribution in [0.5, 0.6) is 0 Å². The summed E-state index contributed by atoms with van der Waals surface area (Å²) in [7, 11) is -2.93. The van der Waals surface area contributed by atoms with E-state index in [2.05, 4.69) is 15.5 Å². The molecule has 0 saturated heterocycles.